The fourth-order valence-corrected chi connectivity index (χ4v) is 4.44. The molecule has 5 N–H and O–H groups in total. The Labute approximate surface area is 233 Å². The van der Waals surface area contributed by atoms with Gasteiger partial charge in [0, 0.05) is 22.5 Å². The van der Waals surface area contributed by atoms with Crippen molar-refractivity contribution in [1.82, 2.24) is 15.3 Å². The molecule has 2 aromatic heterocycles. The minimum Gasteiger partial charge on any atom is -0.497 e. The number of nitrogen functional groups attached to an aromatic ring is 1. The van der Waals surface area contributed by atoms with Gasteiger partial charge in [-0.1, -0.05) is 23.7 Å². The number of aromatic nitrogens is 2. The fraction of sp³-hybridized carbons (Fsp3) is 0.148. The van der Waals surface area contributed by atoms with Crippen molar-refractivity contribution >= 4 is 58.1 Å². The number of esters is 1. The first kappa shape index (κ1) is 26.5. The zero-order valence-electron chi connectivity index (χ0n) is 21.6. The van der Waals surface area contributed by atoms with Crippen molar-refractivity contribution in [3.8, 4) is 5.75 Å². The topological polar surface area (TPSA) is 166 Å². The van der Waals surface area contributed by atoms with E-state index < -0.39 is 17.9 Å². The summed E-state index contributed by atoms with van der Waals surface area (Å²) in [5, 5.41) is 9.17. The molecule has 0 saturated carbocycles. The van der Waals surface area contributed by atoms with Crippen LogP contribution >= 0.6 is 11.6 Å². The van der Waals surface area contributed by atoms with Gasteiger partial charge in [-0.05, 0) is 43.3 Å². The lowest BCUT2D eigenvalue weighted by Gasteiger charge is -2.27. The van der Waals surface area contributed by atoms with Gasteiger partial charge in [0.05, 0.1) is 31.0 Å². The number of allylic oxidation sites excluding steroid dienone is 1. The minimum atomic E-state index is -0.847. The molecule has 40 heavy (non-hydrogen) atoms. The summed E-state index contributed by atoms with van der Waals surface area (Å²) in [4.78, 5) is 38.8. The molecule has 0 bridgehead atoms. The monoisotopic (exact) mass is 561 g/mol. The first-order valence-electron chi connectivity index (χ1n) is 11.9. The molecule has 5 rings (SSSR count). The van der Waals surface area contributed by atoms with Gasteiger partial charge in [0.25, 0.3) is 5.91 Å². The maximum Gasteiger partial charge on any atom is 0.338 e. The lowest BCUT2D eigenvalue weighted by atomic mass is 9.95. The number of para-hydroxylation sites is 1. The van der Waals surface area contributed by atoms with E-state index in [1.54, 1.807) is 43.3 Å². The standard InChI is InChI=1S/C27H24ClN7O5/c1-13-21(24(36)33-20-11-14(9-10-30-20)25(37)39-3)22(16-8-7-15(38-2)12-17(16)28)34-26(31-13)35-27-32-19-6-4-5-18(29)23(19)40-27/h4-12,22H,29H2,1-3H3,(H,30,33,36)(H2,31,32,34,35). The van der Waals surface area contributed by atoms with Crippen molar-refractivity contribution in [2.45, 2.75) is 13.0 Å². The summed E-state index contributed by atoms with van der Waals surface area (Å²) >= 11 is 6.62. The Kier molecular flexibility index (Phi) is 7.25. The average molecular weight is 562 g/mol. The van der Waals surface area contributed by atoms with Crippen LogP contribution in [-0.2, 0) is 9.53 Å². The van der Waals surface area contributed by atoms with Crippen LogP contribution < -0.4 is 26.4 Å². The van der Waals surface area contributed by atoms with Gasteiger partial charge < -0.3 is 30.3 Å². The van der Waals surface area contributed by atoms with E-state index in [2.05, 4.69) is 25.9 Å². The molecular formula is C27H24ClN7O5. The SMILES string of the molecule is COC(=O)c1ccnc(NC(=O)C2=C(C)NC(Nc3nc4cccc(N)c4o3)=NC2c2ccc(OC)cc2Cl)c1. The number of nitrogens with one attached hydrogen (secondary N) is 3. The molecule has 4 aromatic rings. The van der Waals surface area contributed by atoms with Gasteiger partial charge in [-0.3, -0.25) is 10.1 Å². The van der Waals surface area contributed by atoms with Crippen LogP contribution in [0.1, 0.15) is 28.9 Å². The minimum absolute atomic E-state index is 0.156. The van der Waals surface area contributed by atoms with Crippen LogP contribution in [0.2, 0.25) is 5.02 Å². The lowest BCUT2D eigenvalue weighted by molar-refractivity contribution is -0.113. The Bertz CT molecular complexity index is 1700. The first-order chi connectivity index (χ1) is 19.3. The molecule has 0 radical (unpaired) electrons. The summed E-state index contributed by atoms with van der Waals surface area (Å²) < 4.78 is 15.8. The van der Waals surface area contributed by atoms with E-state index in [1.165, 1.54) is 32.5 Å². The number of amides is 1. The number of anilines is 3. The van der Waals surface area contributed by atoms with Gasteiger partial charge in [0.1, 0.15) is 23.1 Å². The Morgan fingerprint density at radius 1 is 1.15 bits per heavy atom. The average Bonchev–Trinajstić information content (AvgIpc) is 3.36. The summed E-state index contributed by atoms with van der Waals surface area (Å²) in [7, 11) is 2.80. The number of hydrogen-bond donors (Lipinski definition) is 4. The number of fused-ring (bicyclic) bond motifs is 1. The third kappa shape index (κ3) is 5.24. The molecule has 204 valence electrons. The van der Waals surface area contributed by atoms with Gasteiger partial charge in [0.15, 0.2) is 5.58 Å². The molecular weight excluding hydrogens is 538 g/mol. The van der Waals surface area contributed by atoms with Crippen molar-refractivity contribution in [3.05, 3.63) is 82.1 Å². The molecule has 1 aliphatic heterocycles. The molecule has 0 saturated heterocycles. The van der Waals surface area contributed by atoms with E-state index in [0.29, 0.717) is 38.8 Å². The number of nitrogens with zero attached hydrogens (tertiary/aromatic N) is 3. The Morgan fingerprint density at radius 2 is 1.98 bits per heavy atom. The molecule has 1 aliphatic rings. The number of guanidine groups is 1. The Morgan fingerprint density at radius 3 is 2.70 bits per heavy atom. The molecule has 0 spiro atoms. The van der Waals surface area contributed by atoms with Crippen LogP contribution in [0, 0.1) is 0 Å². The highest BCUT2D eigenvalue weighted by atomic mass is 35.5. The van der Waals surface area contributed by atoms with Gasteiger partial charge >= 0.3 is 12.0 Å². The second kappa shape index (κ2) is 10.9. The summed E-state index contributed by atoms with van der Waals surface area (Å²) in [6.45, 7) is 1.72. The number of ether oxygens (including phenoxy) is 2. The molecule has 2 aromatic carbocycles. The molecule has 0 aliphatic carbocycles. The normalized spacial score (nSPS) is 14.8. The van der Waals surface area contributed by atoms with E-state index in [4.69, 9.17) is 36.2 Å². The van der Waals surface area contributed by atoms with Crippen LogP contribution in [-0.4, -0.2) is 42.0 Å². The number of halogens is 1. The number of hydrogen-bond acceptors (Lipinski definition) is 11. The van der Waals surface area contributed by atoms with Gasteiger partial charge in [-0.15, -0.1) is 0 Å². The number of carbonyl (C=O) groups excluding carboxylic acids is 2. The van der Waals surface area contributed by atoms with Crippen LogP contribution in [0.25, 0.3) is 11.1 Å². The predicted octanol–water partition coefficient (Wildman–Crippen LogP) is 4.28. The van der Waals surface area contributed by atoms with E-state index in [9.17, 15) is 9.59 Å². The molecule has 13 heteroatoms. The van der Waals surface area contributed by atoms with Crippen molar-refractivity contribution in [2.75, 3.05) is 30.6 Å². The van der Waals surface area contributed by atoms with Gasteiger partial charge in [-0.25, -0.2) is 14.8 Å². The Balaban J connectivity index is 1.50. The summed E-state index contributed by atoms with van der Waals surface area (Å²) in [6, 6.07) is 12.6. The van der Waals surface area contributed by atoms with Crippen molar-refractivity contribution < 1.29 is 23.5 Å². The van der Waals surface area contributed by atoms with Crippen molar-refractivity contribution in [1.29, 1.82) is 0 Å². The fourth-order valence-electron chi connectivity index (χ4n) is 4.17. The van der Waals surface area contributed by atoms with Crippen LogP contribution in [0.3, 0.4) is 0 Å². The zero-order valence-corrected chi connectivity index (χ0v) is 22.4. The number of nitrogens with two attached hydrogens (primary N) is 1. The van der Waals surface area contributed by atoms with E-state index >= 15 is 0 Å². The first-order valence-corrected chi connectivity index (χ1v) is 12.3. The second-order valence-corrected chi connectivity index (χ2v) is 9.05. The zero-order chi connectivity index (χ0) is 28.4. The summed E-state index contributed by atoms with van der Waals surface area (Å²) in [5.41, 5.74) is 8.98. The highest BCUT2D eigenvalue weighted by molar-refractivity contribution is 6.31. The second-order valence-electron chi connectivity index (χ2n) is 8.65. The summed E-state index contributed by atoms with van der Waals surface area (Å²) in [6.07, 6.45) is 1.40. The molecule has 0 fully saturated rings. The third-order valence-corrected chi connectivity index (χ3v) is 6.41. The molecule has 1 unspecified atom stereocenters. The highest BCUT2D eigenvalue weighted by Gasteiger charge is 2.31. The number of carbonyl (C=O) groups is 2. The third-order valence-electron chi connectivity index (χ3n) is 6.08. The number of methoxy groups -OCH3 is 2. The van der Waals surface area contributed by atoms with E-state index in [0.717, 1.165) is 0 Å². The maximum atomic E-state index is 13.6. The number of aliphatic imine (C=N–C) groups is 1. The number of benzene rings is 2. The Hall–Kier alpha value is -5.10. The number of oxazole rings is 1. The molecule has 1 atom stereocenters. The highest BCUT2D eigenvalue weighted by Crippen LogP contribution is 2.37. The number of rotatable bonds is 6. The van der Waals surface area contributed by atoms with E-state index in [1.807, 2.05) is 0 Å². The largest absolute Gasteiger partial charge is 0.497 e. The van der Waals surface area contributed by atoms with Crippen LogP contribution in [0.5, 0.6) is 5.75 Å². The molecule has 12 nitrogen and oxygen atoms in total. The van der Waals surface area contributed by atoms with Crippen LogP contribution in [0.4, 0.5) is 17.5 Å². The van der Waals surface area contributed by atoms with Gasteiger partial charge in [0.2, 0.25) is 5.96 Å². The number of pyridine rings is 1. The van der Waals surface area contributed by atoms with E-state index in [-0.39, 0.29) is 28.9 Å². The lowest BCUT2D eigenvalue weighted by Crippen LogP contribution is -2.37. The predicted molar refractivity (Wildman–Crippen MR) is 150 cm³/mol. The smallest absolute Gasteiger partial charge is 0.338 e. The van der Waals surface area contributed by atoms with Crippen molar-refractivity contribution in [3.63, 3.8) is 0 Å². The maximum absolute atomic E-state index is 13.6. The van der Waals surface area contributed by atoms with Crippen LogP contribution in [0.15, 0.2) is 75.4 Å². The quantitative estimate of drug-likeness (QED) is 0.197. The summed E-state index contributed by atoms with van der Waals surface area (Å²) in [5.74, 6) is -0.0955. The molecule has 1 amide bonds. The van der Waals surface area contributed by atoms with Crippen molar-refractivity contribution in [2.24, 2.45) is 4.99 Å². The van der Waals surface area contributed by atoms with Gasteiger partial charge in [-0.2, -0.15) is 4.98 Å². The molecule has 3 heterocycles.